The summed E-state index contributed by atoms with van der Waals surface area (Å²) < 4.78 is 11.6. The molecule has 4 nitrogen and oxygen atoms in total. The van der Waals surface area contributed by atoms with Gasteiger partial charge in [-0.1, -0.05) is 13.0 Å². The lowest BCUT2D eigenvalue weighted by Gasteiger charge is -2.21. The Labute approximate surface area is 112 Å². The number of unbranched alkanes of at least 4 members (excludes halogenated alkanes) is 1. The molecule has 18 heavy (non-hydrogen) atoms. The maximum absolute atomic E-state index is 10.6. The quantitative estimate of drug-likeness (QED) is 0.378. The molecule has 0 atom stereocenters. The molecule has 0 aliphatic carbocycles. The zero-order valence-electron chi connectivity index (χ0n) is 11.9. The molecule has 0 aliphatic heterocycles. The molecule has 0 amide bonds. The van der Waals surface area contributed by atoms with Crippen LogP contribution in [0.2, 0.25) is 6.04 Å². The van der Waals surface area contributed by atoms with Crippen LogP contribution in [0.15, 0.2) is 12.2 Å². The second-order valence-electron chi connectivity index (χ2n) is 4.95. The Morgan fingerprint density at radius 3 is 2.06 bits per heavy atom. The van der Waals surface area contributed by atoms with Crippen LogP contribution in [0.3, 0.4) is 0 Å². The molecule has 0 heterocycles. The van der Waals surface area contributed by atoms with Crippen molar-refractivity contribution in [3.63, 3.8) is 0 Å². The van der Waals surface area contributed by atoms with E-state index in [1.807, 2.05) is 27.7 Å². The highest BCUT2D eigenvalue weighted by Gasteiger charge is 2.16. The van der Waals surface area contributed by atoms with Gasteiger partial charge in [0.15, 0.2) is 0 Å². The lowest BCUT2D eigenvalue weighted by molar-refractivity contribution is -0.132. The Morgan fingerprint density at radius 2 is 1.67 bits per heavy atom. The summed E-state index contributed by atoms with van der Waals surface area (Å²) in [6.45, 7) is 11.6. The number of carbonyl (C=O) groups is 1. The Kier molecular flexibility index (Phi) is 8.96. The normalized spacial score (nSPS) is 11.5. The first kappa shape index (κ1) is 17.3. The van der Waals surface area contributed by atoms with Gasteiger partial charge in [0.1, 0.15) is 0 Å². The molecule has 0 spiro atoms. The maximum Gasteiger partial charge on any atom is 0.330 e. The van der Waals surface area contributed by atoms with Gasteiger partial charge >= 0.3 is 15.3 Å². The third kappa shape index (κ3) is 9.38. The van der Waals surface area contributed by atoms with Crippen LogP contribution in [0.5, 0.6) is 0 Å². The number of hydrogen-bond donors (Lipinski definition) is 1. The summed E-state index contributed by atoms with van der Waals surface area (Å²) in [7, 11) is -1.61. The van der Waals surface area contributed by atoms with Gasteiger partial charge < -0.3 is 14.0 Å². The molecule has 0 unspecified atom stereocenters. The predicted octanol–water partition coefficient (Wildman–Crippen LogP) is 2.87. The smallest absolute Gasteiger partial charge is 0.330 e. The number of carboxylic acids is 1. The van der Waals surface area contributed by atoms with Crippen LogP contribution in [0.4, 0.5) is 0 Å². The fourth-order valence-electron chi connectivity index (χ4n) is 1.53. The van der Waals surface area contributed by atoms with Crippen molar-refractivity contribution in [3.05, 3.63) is 12.2 Å². The largest absolute Gasteiger partial charge is 0.478 e. The number of hydrogen-bond acceptors (Lipinski definition) is 3. The van der Waals surface area contributed by atoms with E-state index in [-0.39, 0.29) is 17.8 Å². The molecular weight excluding hydrogens is 248 g/mol. The summed E-state index contributed by atoms with van der Waals surface area (Å²) in [4.78, 5) is 10.6. The van der Waals surface area contributed by atoms with Gasteiger partial charge in [0.2, 0.25) is 0 Å². The molecule has 0 saturated heterocycles. The molecule has 0 fully saturated rings. The third-order valence-electron chi connectivity index (χ3n) is 2.32. The lowest BCUT2D eigenvalue weighted by Crippen LogP contribution is -2.29. The van der Waals surface area contributed by atoms with Crippen LogP contribution >= 0.6 is 0 Å². The number of carboxylic acid groups (broad SMARTS) is 1. The molecule has 0 radical (unpaired) electrons. The first-order valence-corrected chi connectivity index (χ1v) is 8.30. The summed E-state index contributed by atoms with van der Waals surface area (Å²) in [6.07, 6.45) is 2.68. The van der Waals surface area contributed by atoms with E-state index in [1.54, 1.807) is 0 Å². The topological polar surface area (TPSA) is 55.8 Å². The summed E-state index contributed by atoms with van der Waals surface area (Å²) in [5, 5.41) is 8.69. The standard InChI is InChI=1S/C13H26O4Si/c1-10(2)16-18(17-11(3)4)9-7-6-8-12(5)13(14)15/h10-11,18H,5-9H2,1-4H3,(H,14,15). The van der Waals surface area contributed by atoms with E-state index in [1.165, 1.54) is 0 Å². The average molecular weight is 274 g/mol. The van der Waals surface area contributed by atoms with Gasteiger partial charge in [-0.25, -0.2) is 4.79 Å². The SMILES string of the molecule is C=C(CCCC[SiH](OC(C)C)OC(C)C)C(=O)O. The van der Waals surface area contributed by atoms with Crippen molar-refractivity contribution in [1.82, 2.24) is 0 Å². The minimum atomic E-state index is -1.61. The molecule has 0 saturated carbocycles. The molecule has 0 aliphatic rings. The van der Waals surface area contributed by atoms with E-state index in [0.29, 0.717) is 6.42 Å². The average Bonchev–Trinajstić information content (AvgIpc) is 2.21. The molecule has 0 bridgehead atoms. The highest BCUT2D eigenvalue weighted by atomic mass is 28.3. The van der Waals surface area contributed by atoms with Gasteiger partial charge in [0, 0.05) is 17.8 Å². The van der Waals surface area contributed by atoms with Gasteiger partial charge in [-0.15, -0.1) is 0 Å². The Morgan fingerprint density at radius 1 is 1.17 bits per heavy atom. The molecule has 0 aromatic rings. The zero-order chi connectivity index (χ0) is 14.1. The van der Waals surface area contributed by atoms with Gasteiger partial charge in [-0.3, -0.25) is 0 Å². The van der Waals surface area contributed by atoms with Crippen LogP contribution in [0.1, 0.15) is 47.0 Å². The van der Waals surface area contributed by atoms with Gasteiger partial charge in [0.05, 0.1) is 0 Å². The van der Waals surface area contributed by atoms with Crippen molar-refractivity contribution in [1.29, 1.82) is 0 Å². The Balaban J connectivity index is 3.88. The fraction of sp³-hybridized carbons (Fsp3) is 0.769. The monoisotopic (exact) mass is 274 g/mol. The van der Waals surface area contributed by atoms with Crippen molar-refractivity contribution in [3.8, 4) is 0 Å². The molecule has 0 aromatic carbocycles. The minimum absolute atomic E-state index is 0.189. The summed E-state index contributed by atoms with van der Waals surface area (Å²) >= 11 is 0. The van der Waals surface area contributed by atoms with Crippen molar-refractivity contribution in [2.45, 2.75) is 65.2 Å². The van der Waals surface area contributed by atoms with E-state index in [0.717, 1.165) is 18.9 Å². The van der Waals surface area contributed by atoms with E-state index in [4.69, 9.17) is 14.0 Å². The highest BCUT2D eigenvalue weighted by molar-refractivity contribution is 6.44. The number of rotatable bonds is 10. The Hall–Kier alpha value is -0.653. The molecular formula is C13H26O4Si. The van der Waals surface area contributed by atoms with E-state index < -0.39 is 15.3 Å². The summed E-state index contributed by atoms with van der Waals surface area (Å²) in [5.41, 5.74) is 0.280. The minimum Gasteiger partial charge on any atom is -0.478 e. The predicted molar refractivity (Wildman–Crippen MR) is 75.0 cm³/mol. The second kappa shape index (κ2) is 9.30. The molecule has 5 heteroatoms. The third-order valence-corrected chi connectivity index (χ3v) is 4.89. The van der Waals surface area contributed by atoms with Crippen molar-refractivity contribution < 1.29 is 18.8 Å². The lowest BCUT2D eigenvalue weighted by atomic mass is 10.1. The van der Waals surface area contributed by atoms with Crippen LogP contribution in [0, 0.1) is 0 Å². The molecule has 106 valence electrons. The first-order chi connectivity index (χ1) is 8.32. The van der Waals surface area contributed by atoms with Gasteiger partial charge in [0.25, 0.3) is 0 Å². The summed E-state index contributed by atoms with van der Waals surface area (Å²) in [5.74, 6) is -0.902. The van der Waals surface area contributed by atoms with E-state index in [2.05, 4.69) is 6.58 Å². The summed E-state index contributed by atoms with van der Waals surface area (Å²) in [6, 6.07) is 0.920. The highest BCUT2D eigenvalue weighted by Crippen LogP contribution is 2.13. The molecule has 0 rings (SSSR count). The van der Waals surface area contributed by atoms with Crippen LogP contribution in [-0.2, 0) is 13.6 Å². The number of aliphatic carboxylic acids is 1. The zero-order valence-corrected chi connectivity index (χ0v) is 13.1. The molecule has 1 N–H and O–H groups in total. The van der Waals surface area contributed by atoms with Crippen molar-refractivity contribution in [2.75, 3.05) is 0 Å². The second-order valence-corrected chi connectivity index (χ2v) is 6.93. The van der Waals surface area contributed by atoms with Crippen molar-refractivity contribution >= 4 is 15.3 Å². The van der Waals surface area contributed by atoms with Crippen LogP contribution in [-0.4, -0.2) is 32.6 Å². The maximum atomic E-state index is 10.6. The van der Waals surface area contributed by atoms with Crippen molar-refractivity contribution in [2.24, 2.45) is 0 Å². The van der Waals surface area contributed by atoms with E-state index >= 15 is 0 Å². The van der Waals surface area contributed by atoms with E-state index in [9.17, 15) is 4.79 Å². The first-order valence-electron chi connectivity index (χ1n) is 6.55. The van der Waals surface area contributed by atoms with Gasteiger partial charge in [-0.2, -0.15) is 0 Å². The Bertz CT molecular complexity index is 254. The van der Waals surface area contributed by atoms with Crippen LogP contribution < -0.4 is 0 Å². The van der Waals surface area contributed by atoms with Gasteiger partial charge in [-0.05, 0) is 46.6 Å². The van der Waals surface area contributed by atoms with Crippen LogP contribution in [0.25, 0.3) is 0 Å². The molecule has 0 aromatic heterocycles. The fourth-order valence-corrected chi connectivity index (χ4v) is 3.70.